The van der Waals surface area contributed by atoms with Gasteiger partial charge in [0.25, 0.3) is 0 Å². The van der Waals surface area contributed by atoms with E-state index in [2.05, 4.69) is 46.9 Å². The summed E-state index contributed by atoms with van der Waals surface area (Å²) in [5, 5.41) is 2.82. The Morgan fingerprint density at radius 2 is 1.05 bits per heavy atom. The number of rotatable bonds is 34. The first-order valence-corrected chi connectivity index (χ1v) is 23.2. The summed E-state index contributed by atoms with van der Waals surface area (Å²) in [4.78, 5) is 35.3. The van der Waals surface area contributed by atoms with Gasteiger partial charge >= 0.3 is 19.8 Å². The Hall–Kier alpha value is -2.43. The van der Waals surface area contributed by atoms with Gasteiger partial charge in [0, 0.05) is 45.1 Å². The van der Waals surface area contributed by atoms with E-state index >= 15 is 0 Å². The summed E-state index contributed by atoms with van der Waals surface area (Å²) in [6.45, 7) is 12.6. The van der Waals surface area contributed by atoms with E-state index in [1.54, 1.807) is 7.05 Å². The lowest BCUT2D eigenvalue weighted by Gasteiger charge is -2.20. The smallest absolute Gasteiger partial charge is 0.466 e. The Morgan fingerprint density at radius 1 is 0.607 bits per heavy atom. The van der Waals surface area contributed by atoms with E-state index in [1.165, 1.54) is 41.5 Å². The molecule has 0 aliphatic rings. The van der Waals surface area contributed by atoms with Crippen LogP contribution in [0.1, 0.15) is 175 Å². The topological polar surface area (TPSA) is 147 Å². The molecule has 2 heterocycles. The molecule has 2 aromatic heterocycles. The molecule has 0 saturated carbocycles. The maximum Gasteiger partial charge on any atom is 0.472 e. The van der Waals surface area contributed by atoms with Gasteiger partial charge in [-0.25, -0.2) is 4.57 Å². The van der Waals surface area contributed by atoms with Crippen molar-refractivity contribution >= 4 is 19.8 Å². The first-order chi connectivity index (χ1) is 26.9. The maximum atomic E-state index is 12.7. The first kappa shape index (κ1) is 49.7. The van der Waals surface area contributed by atoms with Gasteiger partial charge in [-0.1, -0.05) is 78.1 Å². The van der Waals surface area contributed by atoms with E-state index in [-0.39, 0.29) is 26.1 Å². The summed E-state index contributed by atoms with van der Waals surface area (Å²) in [5.41, 5.74) is 5.17. The Kier molecular flexibility index (Phi) is 25.6. The largest absolute Gasteiger partial charge is 0.472 e. The molecule has 0 radical (unpaired) electrons. The number of unbranched alkanes of at least 4 members (excludes halogenated alkanes) is 12. The lowest BCUT2D eigenvalue weighted by atomic mass is 10.0. The van der Waals surface area contributed by atoms with Gasteiger partial charge in [0.1, 0.15) is 29.6 Å². The van der Waals surface area contributed by atoms with Crippen molar-refractivity contribution < 1.29 is 46.4 Å². The molecular formula is C44H76NO10P. The third kappa shape index (κ3) is 20.3. The summed E-state index contributed by atoms with van der Waals surface area (Å²) in [7, 11) is -2.68. The number of nitrogens with one attached hydrogen (secondary N) is 1. The normalized spacial score (nSPS) is 13.2. The second-order valence-corrected chi connectivity index (χ2v) is 16.8. The standard InChI is InChI=1S/C44H76NO10P/c1-8-10-19-25-40-36(5)37(6)42(55-40)27-21-15-11-13-17-22-28-43(46)50-32-38(33-52-56(48,49)51-31-30-45-7)53-44(47)29-23-18-14-12-16-20-26-41-35(4)34(3)39(54-41)24-9-2/h38,45H,8-33H2,1-7H3,(H,48,49)/t38-/m1/s1. The van der Waals surface area contributed by atoms with E-state index < -0.39 is 32.5 Å². The quantitative estimate of drug-likeness (QED) is 0.0395. The number of ether oxygens (including phenoxy) is 2. The van der Waals surface area contributed by atoms with Gasteiger partial charge in [0.05, 0.1) is 13.2 Å². The average Bonchev–Trinajstić information content (AvgIpc) is 3.59. The molecule has 0 saturated heterocycles. The van der Waals surface area contributed by atoms with Crippen LogP contribution in [0.5, 0.6) is 0 Å². The van der Waals surface area contributed by atoms with Crippen LogP contribution in [0.25, 0.3) is 0 Å². The minimum absolute atomic E-state index is 0.0326. The number of aryl methyl sites for hydroxylation is 4. The predicted molar refractivity (Wildman–Crippen MR) is 222 cm³/mol. The first-order valence-electron chi connectivity index (χ1n) is 21.7. The third-order valence-corrected chi connectivity index (χ3v) is 11.6. The molecule has 2 aromatic rings. The van der Waals surface area contributed by atoms with Crippen LogP contribution in [0.4, 0.5) is 0 Å². The molecule has 0 aliphatic carbocycles. The van der Waals surface area contributed by atoms with Crippen LogP contribution in [0.3, 0.4) is 0 Å². The fourth-order valence-corrected chi connectivity index (χ4v) is 7.53. The molecule has 1 unspecified atom stereocenters. The third-order valence-electron chi connectivity index (χ3n) is 10.6. The fourth-order valence-electron chi connectivity index (χ4n) is 6.78. The number of phosphoric acid groups is 1. The Bertz CT molecular complexity index is 1430. The summed E-state index contributed by atoms with van der Waals surface area (Å²) in [6.07, 6.45) is 19.8. The van der Waals surface area contributed by atoms with Crippen LogP contribution in [0, 0.1) is 27.7 Å². The van der Waals surface area contributed by atoms with Gasteiger partial charge in [0.2, 0.25) is 0 Å². The van der Waals surface area contributed by atoms with Crippen molar-refractivity contribution in [3.63, 3.8) is 0 Å². The van der Waals surface area contributed by atoms with Gasteiger partial charge in [-0.3, -0.25) is 18.6 Å². The highest BCUT2D eigenvalue weighted by Crippen LogP contribution is 2.43. The minimum Gasteiger partial charge on any atom is -0.466 e. The van der Waals surface area contributed by atoms with Crippen molar-refractivity contribution in [2.45, 2.75) is 189 Å². The number of furan rings is 2. The molecular weight excluding hydrogens is 733 g/mol. The summed E-state index contributed by atoms with van der Waals surface area (Å²) >= 11 is 0. The molecule has 2 atom stereocenters. The van der Waals surface area contributed by atoms with Gasteiger partial charge in [0.15, 0.2) is 6.10 Å². The van der Waals surface area contributed by atoms with Crippen LogP contribution in [0.2, 0.25) is 0 Å². The second-order valence-electron chi connectivity index (χ2n) is 15.3. The van der Waals surface area contributed by atoms with Crippen LogP contribution in [-0.4, -0.2) is 56.3 Å². The zero-order valence-electron chi connectivity index (χ0n) is 36.0. The van der Waals surface area contributed by atoms with Crippen LogP contribution in [-0.2, 0) is 58.4 Å². The molecule has 0 aliphatic heterocycles. The Balaban J connectivity index is 1.66. The predicted octanol–water partition coefficient (Wildman–Crippen LogP) is 10.8. The monoisotopic (exact) mass is 810 g/mol. The molecule has 0 fully saturated rings. The summed E-state index contributed by atoms with van der Waals surface area (Å²) in [6, 6.07) is 0. The molecule has 0 bridgehead atoms. The number of phosphoric ester groups is 1. The highest BCUT2D eigenvalue weighted by atomic mass is 31.2. The van der Waals surface area contributed by atoms with Gasteiger partial charge < -0.3 is 28.5 Å². The van der Waals surface area contributed by atoms with Crippen molar-refractivity contribution in [2.24, 2.45) is 0 Å². The zero-order chi connectivity index (χ0) is 41.2. The molecule has 11 nitrogen and oxygen atoms in total. The summed E-state index contributed by atoms with van der Waals surface area (Å²) < 4.78 is 45.6. The number of carbonyl (C=O) groups excluding carboxylic acids is 2. The SMILES string of the molecule is CCCCCc1oc(CCCCCCCCC(=O)OC[C@H](COP(=O)(O)OCCNC)OC(=O)CCCCCCCCc2oc(CCC)c(C)c2C)c(C)c1C. The number of hydrogen-bond acceptors (Lipinski definition) is 10. The van der Waals surface area contributed by atoms with E-state index in [4.69, 9.17) is 27.4 Å². The maximum absolute atomic E-state index is 12.7. The fraction of sp³-hybridized carbons (Fsp3) is 0.773. The van der Waals surface area contributed by atoms with Gasteiger partial charge in [-0.15, -0.1) is 0 Å². The number of esters is 2. The van der Waals surface area contributed by atoms with Gasteiger partial charge in [-0.2, -0.15) is 0 Å². The highest BCUT2D eigenvalue weighted by molar-refractivity contribution is 7.47. The Morgan fingerprint density at radius 3 is 1.54 bits per heavy atom. The number of carbonyl (C=O) groups is 2. The number of likely N-dealkylation sites (N-methyl/N-ethyl adjacent to an activating group) is 1. The minimum atomic E-state index is -4.38. The molecule has 2 rings (SSSR count). The molecule has 0 amide bonds. The molecule has 2 N–H and O–H groups in total. The van der Waals surface area contributed by atoms with Crippen molar-refractivity contribution in [1.82, 2.24) is 5.32 Å². The molecule has 0 aromatic carbocycles. The van der Waals surface area contributed by atoms with Crippen molar-refractivity contribution in [1.29, 1.82) is 0 Å². The highest BCUT2D eigenvalue weighted by Gasteiger charge is 2.26. The molecule has 56 heavy (non-hydrogen) atoms. The lowest BCUT2D eigenvalue weighted by molar-refractivity contribution is -0.161. The van der Waals surface area contributed by atoms with Crippen LogP contribution >= 0.6 is 7.82 Å². The van der Waals surface area contributed by atoms with E-state index in [0.29, 0.717) is 19.4 Å². The molecule has 322 valence electrons. The Labute approximate surface area is 338 Å². The van der Waals surface area contributed by atoms with E-state index in [1.807, 2.05) is 0 Å². The second kappa shape index (κ2) is 28.9. The average molecular weight is 810 g/mol. The number of hydrogen-bond donors (Lipinski definition) is 2. The van der Waals surface area contributed by atoms with Gasteiger partial charge in [-0.05, 0) is 95.5 Å². The van der Waals surface area contributed by atoms with E-state index in [9.17, 15) is 19.0 Å². The van der Waals surface area contributed by atoms with Crippen LogP contribution in [0.15, 0.2) is 8.83 Å². The van der Waals surface area contributed by atoms with Crippen LogP contribution < -0.4 is 5.32 Å². The van der Waals surface area contributed by atoms with Crippen molar-refractivity contribution in [2.75, 3.05) is 33.4 Å². The lowest BCUT2D eigenvalue weighted by Crippen LogP contribution is -2.29. The molecule has 0 spiro atoms. The molecule has 12 heteroatoms. The van der Waals surface area contributed by atoms with Crippen molar-refractivity contribution in [3.05, 3.63) is 45.3 Å². The zero-order valence-corrected chi connectivity index (χ0v) is 36.9. The summed E-state index contributed by atoms with van der Waals surface area (Å²) in [5.74, 6) is 3.64. The van der Waals surface area contributed by atoms with E-state index in [0.717, 1.165) is 119 Å². The van der Waals surface area contributed by atoms with Crippen molar-refractivity contribution in [3.8, 4) is 0 Å².